The first-order valence-electron chi connectivity index (χ1n) is 8.32. The normalized spacial score (nSPS) is 10.6. The molecule has 6 heteroatoms. The lowest BCUT2D eigenvalue weighted by Gasteiger charge is -2.08. The fourth-order valence-electron chi connectivity index (χ4n) is 2.56. The van der Waals surface area contributed by atoms with Crippen molar-refractivity contribution in [3.8, 4) is 17.3 Å². The molecule has 0 N–H and O–H groups in total. The third-order valence-corrected chi connectivity index (χ3v) is 3.79. The van der Waals surface area contributed by atoms with E-state index in [0.717, 1.165) is 18.5 Å². The Morgan fingerprint density at radius 3 is 2.69 bits per heavy atom. The van der Waals surface area contributed by atoms with E-state index in [9.17, 15) is 9.18 Å². The van der Waals surface area contributed by atoms with E-state index in [0.29, 0.717) is 17.0 Å². The van der Waals surface area contributed by atoms with E-state index in [1.807, 2.05) is 6.92 Å². The number of methoxy groups -OCH3 is 1. The van der Waals surface area contributed by atoms with Gasteiger partial charge in [0.1, 0.15) is 11.6 Å². The Labute approximate surface area is 151 Å². The molecule has 0 unspecified atom stereocenters. The van der Waals surface area contributed by atoms with E-state index >= 15 is 0 Å². The lowest BCUT2D eigenvalue weighted by molar-refractivity contribution is 0.0722. The molecule has 0 aliphatic rings. The second-order valence-corrected chi connectivity index (χ2v) is 5.74. The Morgan fingerprint density at radius 1 is 1.15 bits per heavy atom. The zero-order chi connectivity index (χ0) is 18.5. The SMILES string of the molecule is CCCc1cc(OC(=O)c2cccc(OC)c2)n(-c2cccc(F)c2)n1. The third kappa shape index (κ3) is 3.91. The van der Waals surface area contributed by atoms with Crippen LogP contribution >= 0.6 is 0 Å². The number of nitrogens with zero attached hydrogens (tertiary/aromatic N) is 2. The van der Waals surface area contributed by atoms with Gasteiger partial charge in [-0.1, -0.05) is 25.5 Å². The quantitative estimate of drug-likeness (QED) is 0.623. The molecule has 0 bridgehead atoms. The molecule has 3 rings (SSSR count). The Hall–Kier alpha value is -3.15. The standard InChI is InChI=1S/C20H19FN2O3/c1-3-6-16-13-19(23(22-16)17-9-5-8-15(21)12-17)26-20(24)14-7-4-10-18(11-14)25-2/h4-5,7-13H,3,6H2,1-2H3. The molecule has 5 nitrogen and oxygen atoms in total. The van der Waals surface area contributed by atoms with Gasteiger partial charge in [-0.2, -0.15) is 5.10 Å². The highest BCUT2D eigenvalue weighted by Crippen LogP contribution is 2.23. The molecule has 0 spiro atoms. The maximum Gasteiger partial charge on any atom is 0.344 e. The summed E-state index contributed by atoms with van der Waals surface area (Å²) in [7, 11) is 1.53. The lowest BCUT2D eigenvalue weighted by atomic mass is 10.2. The number of hydrogen-bond acceptors (Lipinski definition) is 4. The van der Waals surface area contributed by atoms with E-state index in [1.165, 1.54) is 23.9 Å². The van der Waals surface area contributed by atoms with E-state index in [4.69, 9.17) is 9.47 Å². The molecular formula is C20H19FN2O3. The van der Waals surface area contributed by atoms with Gasteiger partial charge < -0.3 is 9.47 Å². The summed E-state index contributed by atoms with van der Waals surface area (Å²) in [5.74, 6) is -0.124. The maximum absolute atomic E-state index is 13.6. The van der Waals surface area contributed by atoms with Gasteiger partial charge in [-0.25, -0.2) is 13.9 Å². The number of carbonyl (C=O) groups is 1. The van der Waals surface area contributed by atoms with Crippen LogP contribution in [0.5, 0.6) is 11.6 Å². The van der Waals surface area contributed by atoms with Gasteiger partial charge in [-0.05, 0) is 42.8 Å². The van der Waals surface area contributed by atoms with Gasteiger partial charge in [-0.3, -0.25) is 0 Å². The number of esters is 1. The van der Waals surface area contributed by atoms with Gasteiger partial charge in [0.05, 0.1) is 24.1 Å². The summed E-state index contributed by atoms with van der Waals surface area (Å²) >= 11 is 0. The van der Waals surface area contributed by atoms with Gasteiger partial charge in [0.25, 0.3) is 0 Å². The fraction of sp³-hybridized carbons (Fsp3) is 0.200. The molecule has 0 aliphatic heterocycles. The van der Waals surface area contributed by atoms with Crippen molar-refractivity contribution in [1.29, 1.82) is 0 Å². The molecule has 26 heavy (non-hydrogen) atoms. The van der Waals surface area contributed by atoms with Gasteiger partial charge in [0.15, 0.2) is 0 Å². The summed E-state index contributed by atoms with van der Waals surface area (Å²) in [5.41, 5.74) is 1.61. The van der Waals surface area contributed by atoms with Crippen molar-refractivity contribution in [1.82, 2.24) is 9.78 Å². The Morgan fingerprint density at radius 2 is 1.96 bits per heavy atom. The van der Waals surface area contributed by atoms with E-state index in [1.54, 1.807) is 42.5 Å². The topological polar surface area (TPSA) is 53.4 Å². The average molecular weight is 354 g/mol. The van der Waals surface area contributed by atoms with Crippen molar-refractivity contribution in [2.75, 3.05) is 7.11 Å². The fourth-order valence-corrected chi connectivity index (χ4v) is 2.56. The zero-order valence-electron chi connectivity index (χ0n) is 14.6. The Kier molecular flexibility index (Phi) is 5.31. The Bertz CT molecular complexity index is 921. The summed E-state index contributed by atoms with van der Waals surface area (Å²) in [6, 6.07) is 14.4. The van der Waals surface area contributed by atoms with Crippen molar-refractivity contribution in [3.63, 3.8) is 0 Å². The predicted molar refractivity (Wildman–Crippen MR) is 95.5 cm³/mol. The van der Waals surface area contributed by atoms with Crippen LogP contribution in [-0.2, 0) is 6.42 Å². The van der Waals surface area contributed by atoms with Crippen molar-refractivity contribution >= 4 is 5.97 Å². The number of ether oxygens (including phenoxy) is 2. The largest absolute Gasteiger partial charge is 0.497 e. The highest BCUT2D eigenvalue weighted by Gasteiger charge is 2.16. The van der Waals surface area contributed by atoms with Gasteiger partial charge in [-0.15, -0.1) is 0 Å². The van der Waals surface area contributed by atoms with Crippen LogP contribution in [0.4, 0.5) is 4.39 Å². The molecule has 1 heterocycles. The van der Waals surface area contributed by atoms with Gasteiger partial charge in [0.2, 0.25) is 5.88 Å². The van der Waals surface area contributed by atoms with Gasteiger partial charge >= 0.3 is 5.97 Å². The molecule has 1 aromatic heterocycles. The minimum atomic E-state index is -0.537. The molecule has 0 radical (unpaired) electrons. The number of aromatic nitrogens is 2. The molecule has 2 aromatic carbocycles. The van der Waals surface area contributed by atoms with Crippen LogP contribution < -0.4 is 9.47 Å². The van der Waals surface area contributed by atoms with Crippen molar-refractivity contribution in [3.05, 3.63) is 71.7 Å². The highest BCUT2D eigenvalue weighted by molar-refractivity contribution is 5.91. The molecule has 0 amide bonds. The number of rotatable bonds is 6. The van der Waals surface area contributed by atoms with Gasteiger partial charge in [0, 0.05) is 6.07 Å². The smallest absolute Gasteiger partial charge is 0.344 e. The molecule has 3 aromatic rings. The first-order valence-corrected chi connectivity index (χ1v) is 8.32. The number of benzene rings is 2. The lowest BCUT2D eigenvalue weighted by Crippen LogP contribution is -2.12. The van der Waals surface area contributed by atoms with E-state index < -0.39 is 5.97 Å². The van der Waals surface area contributed by atoms with Crippen molar-refractivity contribution < 1.29 is 18.7 Å². The second kappa shape index (κ2) is 7.82. The third-order valence-electron chi connectivity index (χ3n) is 3.79. The second-order valence-electron chi connectivity index (χ2n) is 5.74. The number of aryl methyl sites for hydroxylation is 1. The monoisotopic (exact) mass is 354 g/mol. The summed E-state index contributed by atoms with van der Waals surface area (Å²) in [4.78, 5) is 12.5. The molecule has 0 saturated carbocycles. The maximum atomic E-state index is 13.6. The number of halogens is 1. The summed E-state index contributed by atoms with van der Waals surface area (Å²) in [6.07, 6.45) is 1.62. The van der Waals surface area contributed by atoms with E-state index in [2.05, 4.69) is 5.10 Å². The average Bonchev–Trinajstić information content (AvgIpc) is 3.04. The molecule has 134 valence electrons. The minimum Gasteiger partial charge on any atom is -0.497 e. The summed E-state index contributed by atoms with van der Waals surface area (Å²) in [5, 5.41) is 4.44. The first-order chi connectivity index (χ1) is 12.6. The summed E-state index contributed by atoms with van der Waals surface area (Å²) in [6.45, 7) is 2.03. The van der Waals surface area contributed by atoms with E-state index in [-0.39, 0.29) is 11.7 Å². The van der Waals surface area contributed by atoms with Crippen LogP contribution in [-0.4, -0.2) is 22.9 Å². The molecule has 0 fully saturated rings. The molecule has 0 aliphatic carbocycles. The summed E-state index contributed by atoms with van der Waals surface area (Å²) < 4.78 is 25.7. The Balaban J connectivity index is 1.94. The van der Waals surface area contributed by atoms with Crippen LogP contribution in [0.15, 0.2) is 54.6 Å². The predicted octanol–water partition coefficient (Wildman–Crippen LogP) is 4.19. The zero-order valence-corrected chi connectivity index (χ0v) is 14.6. The molecule has 0 atom stereocenters. The van der Waals surface area contributed by atoms with Crippen molar-refractivity contribution in [2.24, 2.45) is 0 Å². The van der Waals surface area contributed by atoms with Crippen molar-refractivity contribution in [2.45, 2.75) is 19.8 Å². The highest BCUT2D eigenvalue weighted by atomic mass is 19.1. The molecule has 0 saturated heterocycles. The van der Waals surface area contributed by atoms with Crippen LogP contribution in [0.1, 0.15) is 29.4 Å². The molecular weight excluding hydrogens is 335 g/mol. The van der Waals surface area contributed by atoms with Crippen LogP contribution in [0.2, 0.25) is 0 Å². The van der Waals surface area contributed by atoms with Crippen LogP contribution in [0.3, 0.4) is 0 Å². The van der Waals surface area contributed by atoms with Crippen LogP contribution in [0.25, 0.3) is 5.69 Å². The van der Waals surface area contributed by atoms with Crippen LogP contribution in [0, 0.1) is 5.82 Å². The number of hydrogen-bond donors (Lipinski definition) is 0. The first kappa shape index (κ1) is 17.7. The number of carbonyl (C=O) groups excluding carboxylic acids is 1. The minimum absolute atomic E-state index is 0.242.